The molecule has 0 saturated heterocycles. The number of carbonyl (C=O) groups excluding carboxylic acids is 1. The lowest BCUT2D eigenvalue weighted by Gasteiger charge is -2.25. The first kappa shape index (κ1) is 30.1. The molecule has 226 valence electrons. The minimum atomic E-state index is -3.63. The van der Waals surface area contributed by atoms with Gasteiger partial charge >= 0.3 is 6.09 Å². The number of halogens is 2. The zero-order valence-electron chi connectivity index (χ0n) is 24.1. The van der Waals surface area contributed by atoms with Gasteiger partial charge in [0.15, 0.2) is 0 Å². The van der Waals surface area contributed by atoms with Crippen LogP contribution < -0.4 is 15.6 Å². The van der Waals surface area contributed by atoms with Crippen LogP contribution in [0.2, 0.25) is 0 Å². The van der Waals surface area contributed by atoms with Crippen molar-refractivity contribution in [2.45, 2.75) is 57.6 Å². The van der Waals surface area contributed by atoms with Crippen LogP contribution in [0.1, 0.15) is 62.5 Å². The third-order valence-corrected chi connectivity index (χ3v) is 7.37. The molecule has 0 bridgehead atoms. The molecule has 1 atom stereocenters. The molecule has 5 rings (SSSR count). The third-order valence-electron chi connectivity index (χ3n) is 6.76. The molecule has 1 aliphatic rings. The van der Waals surface area contributed by atoms with Gasteiger partial charge in [-0.1, -0.05) is 12.1 Å². The number of sulfonamides is 1. The van der Waals surface area contributed by atoms with Gasteiger partial charge in [0.05, 0.1) is 34.6 Å². The van der Waals surface area contributed by atoms with E-state index in [9.17, 15) is 26.8 Å². The first-order valence-electron chi connectivity index (χ1n) is 13.7. The summed E-state index contributed by atoms with van der Waals surface area (Å²) in [5.74, 6) is -1.07. The zero-order chi connectivity index (χ0) is 31.1. The van der Waals surface area contributed by atoms with Crippen molar-refractivity contribution < 1.29 is 26.7 Å². The average Bonchev–Trinajstić information content (AvgIpc) is 3.71. The Morgan fingerprint density at radius 1 is 1.05 bits per heavy atom. The number of fused-ring (bicyclic) bond motifs is 1. The first-order chi connectivity index (χ1) is 20.1. The Kier molecular flexibility index (Phi) is 7.99. The number of ether oxygens (including phenoxy) is 1. The fourth-order valence-electron chi connectivity index (χ4n) is 4.90. The molecule has 1 saturated carbocycles. The van der Waals surface area contributed by atoms with E-state index in [1.54, 1.807) is 32.9 Å². The lowest BCUT2D eigenvalue weighted by molar-refractivity contribution is 0.0500. The predicted octanol–water partition coefficient (Wildman–Crippen LogP) is 5.72. The summed E-state index contributed by atoms with van der Waals surface area (Å²) in [7, 11) is -3.63. The van der Waals surface area contributed by atoms with Crippen molar-refractivity contribution >= 4 is 32.7 Å². The number of aromatic nitrogens is 2. The smallest absolute Gasteiger partial charge is 0.408 e. The Morgan fingerprint density at radius 2 is 1.70 bits per heavy atom. The maximum Gasteiger partial charge on any atom is 0.408 e. The van der Waals surface area contributed by atoms with Crippen LogP contribution in [0.4, 0.5) is 19.3 Å². The fourth-order valence-corrected chi connectivity index (χ4v) is 5.45. The molecule has 1 unspecified atom stereocenters. The molecule has 3 aromatic carbocycles. The van der Waals surface area contributed by atoms with E-state index in [1.807, 2.05) is 12.1 Å². The van der Waals surface area contributed by atoms with Gasteiger partial charge < -0.3 is 10.1 Å². The highest BCUT2D eigenvalue weighted by molar-refractivity contribution is 7.92. The molecule has 0 radical (unpaired) electrons. The van der Waals surface area contributed by atoms with Crippen molar-refractivity contribution in [3.05, 3.63) is 99.6 Å². The predicted molar refractivity (Wildman–Crippen MR) is 160 cm³/mol. The summed E-state index contributed by atoms with van der Waals surface area (Å²) in [4.78, 5) is 31.8. The Balaban J connectivity index is 1.71. The second-order valence-corrected chi connectivity index (χ2v) is 13.5. The van der Waals surface area contributed by atoms with E-state index >= 15 is 0 Å². The van der Waals surface area contributed by atoms with Crippen LogP contribution in [0, 0.1) is 11.6 Å². The molecule has 1 heterocycles. The van der Waals surface area contributed by atoms with Crippen LogP contribution in [0.5, 0.6) is 0 Å². The van der Waals surface area contributed by atoms with Crippen molar-refractivity contribution in [3.63, 3.8) is 0 Å². The van der Waals surface area contributed by atoms with E-state index in [0.29, 0.717) is 11.6 Å². The Morgan fingerprint density at radius 3 is 2.28 bits per heavy atom. The number of alkyl carbamates (subject to hydrolysis) is 1. The number of anilines is 1. The highest BCUT2D eigenvalue weighted by atomic mass is 32.2. The van der Waals surface area contributed by atoms with E-state index in [2.05, 4.69) is 10.0 Å². The summed E-state index contributed by atoms with van der Waals surface area (Å²) in [5, 5.41) is 2.93. The molecule has 12 heteroatoms. The van der Waals surface area contributed by atoms with Crippen LogP contribution in [-0.2, 0) is 21.2 Å². The third kappa shape index (κ3) is 7.56. The van der Waals surface area contributed by atoms with Crippen LogP contribution >= 0.6 is 0 Å². The van der Waals surface area contributed by atoms with Crippen molar-refractivity contribution in [1.82, 2.24) is 14.9 Å². The molecule has 0 spiro atoms. The van der Waals surface area contributed by atoms with Crippen molar-refractivity contribution in [2.24, 2.45) is 0 Å². The Labute approximate surface area is 248 Å². The highest BCUT2D eigenvalue weighted by Crippen LogP contribution is 2.40. The number of amides is 1. The summed E-state index contributed by atoms with van der Waals surface area (Å²) in [6.07, 6.45) is 2.22. The van der Waals surface area contributed by atoms with Gasteiger partial charge in [-0.05, 0) is 93.1 Å². The number of benzene rings is 3. The van der Waals surface area contributed by atoms with Gasteiger partial charge in [-0.3, -0.25) is 14.1 Å². The van der Waals surface area contributed by atoms with Gasteiger partial charge in [-0.25, -0.2) is 27.0 Å². The molecule has 2 N–H and O–H groups in total. The molecule has 9 nitrogen and oxygen atoms in total. The van der Waals surface area contributed by atoms with Gasteiger partial charge in [0.2, 0.25) is 10.0 Å². The molecule has 1 aliphatic carbocycles. The van der Waals surface area contributed by atoms with Gasteiger partial charge in [0, 0.05) is 12.5 Å². The maximum absolute atomic E-state index is 14.2. The van der Waals surface area contributed by atoms with Crippen LogP contribution in [0.3, 0.4) is 0 Å². The summed E-state index contributed by atoms with van der Waals surface area (Å²) >= 11 is 0. The van der Waals surface area contributed by atoms with E-state index in [1.165, 1.54) is 22.8 Å². The molecule has 1 fully saturated rings. The molecule has 43 heavy (non-hydrogen) atoms. The van der Waals surface area contributed by atoms with Crippen molar-refractivity contribution in [3.8, 4) is 5.69 Å². The van der Waals surface area contributed by atoms with E-state index < -0.39 is 45.0 Å². The van der Waals surface area contributed by atoms with Gasteiger partial charge in [-0.15, -0.1) is 0 Å². The monoisotopic (exact) mass is 610 g/mol. The molecular formula is C31H32F2N4O5S. The summed E-state index contributed by atoms with van der Waals surface area (Å²) < 4.78 is 61.3. The number of rotatable bonds is 8. The summed E-state index contributed by atoms with van der Waals surface area (Å²) in [6, 6.07) is 13.7. The number of hydrogen-bond donors (Lipinski definition) is 2. The summed E-state index contributed by atoms with van der Waals surface area (Å²) in [5.41, 5.74) is 0.813. The molecule has 0 aliphatic heterocycles. The van der Waals surface area contributed by atoms with Crippen LogP contribution in [0.15, 0.2) is 65.5 Å². The standard InChI is InChI=1S/C31H32F2N4O5S/c1-31(2,3)42-30(39)35-27(15-18-13-21(32)16-22(33)14-18)28-34-26-17-23(36-43(4,40)41)9-12-25(26)29(38)37(28)24-10-7-20(8-11-24)19-5-6-19/h7-14,16-17,19,27,36H,5-6,15H2,1-4H3,(H,35,39). The quantitative estimate of drug-likeness (QED) is 0.263. The average molecular weight is 611 g/mol. The Bertz CT molecular complexity index is 1840. The largest absolute Gasteiger partial charge is 0.444 e. The van der Waals surface area contributed by atoms with Crippen LogP contribution in [0.25, 0.3) is 16.6 Å². The van der Waals surface area contributed by atoms with Gasteiger partial charge in [0.1, 0.15) is 23.1 Å². The molecule has 1 amide bonds. The summed E-state index contributed by atoms with van der Waals surface area (Å²) in [6.45, 7) is 5.06. The minimum absolute atomic E-state index is 0.0590. The van der Waals surface area contributed by atoms with Gasteiger partial charge in [0.25, 0.3) is 5.56 Å². The van der Waals surface area contributed by atoms with Gasteiger partial charge in [-0.2, -0.15) is 0 Å². The van der Waals surface area contributed by atoms with Crippen molar-refractivity contribution in [2.75, 3.05) is 11.0 Å². The van der Waals surface area contributed by atoms with E-state index in [-0.39, 0.29) is 34.4 Å². The zero-order valence-corrected chi connectivity index (χ0v) is 25.0. The Hall–Kier alpha value is -4.32. The highest BCUT2D eigenvalue weighted by Gasteiger charge is 2.28. The second-order valence-electron chi connectivity index (χ2n) is 11.8. The minimum Gasteiger partial charge on any atom is -0.444 e. The lowest BCUT2D eigenvalue weighted by Crippen LogP contribution is -2.39. The molecule has 1 aromatic heterocycles. The topological polar surface area (TPSA) is 119 Å². The number of nitrogens with zero attached hydrogens (tertiary/aromatic N) is 2. The lowest BCUT2D eigenvalue weighted by atomic mass is 10.0. The number of nitrogens with one attached hydrogen (secondary N) is 2. The first-order valence-corrected chi connectivity index (χ1v) is 15.6. The van der Waals surface area contributed by atoms with E-state index in [0.717, 1.165) is 42.9 Å². The normalized spacial score (nSPS) is 14.4. The SMILES string of the molecule is CC(C)(C)OC(=O)NC(Cc1cc(F)cc(F)c1)c1nc2cc(NS(C)(=O)=O)ccc2c(=O)n1-c1ccc(C2CC2)cc1. The van der Waals surface area contributed by atoms with Crippen molar-refractivity contribution in [1.29, 1.82) is 0 Å². The van der Waals surface area contributed by atoms with E-state index in [4.69, 9.17) is 9.72 Å². The molecular weight excluding hydrogens is 578 g/mol. The fraction of sp³-hybridized carbons (Fsp3) is 0.323. The maximum atomic E-state index is 14.2. The molecule has 4 aromatic rings. The second kappa shape index (κ2) is 11.4. The van der Waals surface area contributed by atoms with Crippen LogP contribution in [-0.4, -0.2) is 35.9 Å². The number of carbonyl (C=O) groups is 1. The number of hydrogen-bond acceptors (Lipinski definition) is 6.